The second kappa shape index (κ2) is 26.2. The molecule has 0 aromatic heterocycles. The molecule has 0 aromatic carbocycles. The zero-order valence-electron chi connectivity index (χ0n) is 16.3. The first kappa shape index (κ1) is 38.0. The van der Waals surface area contributed by atoms with Crippen molar-refractivity contribution >= 4 is 21.7 Å². The third-order valence-corrected chi connectivity index (χ3v) is 6.47. The summed E-state index contributed by atoms with van der Waals surface area (Å²) in [4.78, 5) is 15.5. The van der Waals surface area contributed by atoms with Crippen LogP contribution in [0.2, 0.25) is 25.2 Å². The Balaban J connectivity index is -0.0000000442. The van der Waals surface area contributed by atoms with Gasteiger partial charge in [0.25, 0.3) is 0 Å². The van der Waals surface area contributed by atoms with Crippen molar-refractivity contribution in [2.24, 2.45) is 5.92 Å². The van der Waals surface area contributed by atoms with E-state index < -0.39 is 8.07 Å². The minimum Gasteiger partial charge on any atom is -0.545 e. The van der Waals surface area contributed by atoms with Crippen molar-refractivity contribution in [2.45, 2.75) is 84.5 Å². The van der Waals surface area contributed by atoms with Gasteiger partial charge in [-0.25, -0.2) is 0 Å². The molecule has 0 radical (unpaired) electrons. The predicted molar refractivity (Wildman–Crippen MR) is 102 cm³/mol. The number of hydrogen-bond acceptors (Lipinski definition) is 2. The van der Waals surface area contributed by atoms with Crippen molar-refractivity contribution in [2.75, 3.05) is 0 Å². The Morgan fingerprint density at radius 2 is 1.27 bits per heavy atom. The van der Waals surface area contributed by atoms with Crippen LogP contribution in [0.3, 0.4) is 0 Å². The molecule has 134 valence electrons. The molecule has 0 aromatic rings. The normalized spacial score (nSPS) is 12.5. The van der Waals surface area contributed by atoms with Crippen LogP contribution in [0.1, 0.15) is 59.3 Å². The van der Waals surface area contributed by atoms with Crippen molar-refractivity contribution in [1.29, 1.82) is 0 Å². The number of rotatable bonds is 3. The Morgan fingerprint density at radius 1 is 0.955 bits per heavy atom. The maximum Gasteiger partial charge on any atom is 4.00 e. The van der Waals surface area contributed by atoms with Gasteiger partial charge < -0.3 is 24.4 Å². The predicted octanol–water partition coefficient (Wildman–Crippen LogP) is 6.06. The first-order chi connectivity index (χ1) is 8.88. The summed E-state index contributed by atoms with van der Waals surface area (Å²) in [6.07, 6.45) is 8.80. The van der Waals surface area contributed by atoms with Crippen molar-refractivity contribution in [3.63, 3.8) is 0 Å². The van der Waals surface area contributed by atoms with E-state index in [4.69, 9.17) is 9.59 Å². The Labute approximate surface area is 157 Å². The number of hydrogen-bond donors (Lipinski definition) is 0. The summed E-state index contributed by atoms with van der Waals surface area (Å²) in [5.74, 6) is 0.898. The fourth-order valence-electron chi connectivity index (χ4n) is 2.37. The van der Waals surface area contributed by atoms with E-state index in [0.29, 0.717) is 0 Å². The van der Waals surface area contributed by atoms with Gasteiger partial charge in [0.05, 0.1) is 0 Å². The summed E-state index contributed by atoms with van der Waals surface area (Å²) < 4.78 is 0. The van der Waals surface area contributed by atoms with Gasteiger partial charge in [-0.1, -0.05) is 78.9 Å². The third kappa shape index (κ3) is 28.4. The fourth-order valence-corrected chi connectivity index (χ4v) is 4.51. The third-order valence-electron chi connectivity index (χ3n) is 3.45. The summed E-state index contributed by atoms with van der Waals surface area (Å²) in [7, 11) is -0.724. The summed E-state index contributed by atoms with van der Waals surface area (Å²) in [5.41, 5.74) is 1.15. The summed E-state index contributed by atoms with van der Waals surface area (Å²) in [6.45, 7) is 20.7. The molecule has 1 aliphatic carbocycles. The molecule has 4 heteroatoms. The van der Waals surface area contributed by atoms with Crippen molar-refractivity contribution in [3.8, 4) is 0 Å². The summed E-state index contributed by atoms with van der Waals surface area (Å²) >= 11 is 0. The van der Waals surface area contributed by atoms with E-state index >= 15 is 0 Å². The molecule has 0 atom stereocenters. The monoisotopic (exact) mass is 414 g/mol. The Kier molecular flexibility index (Phi) is 45.2. The SMILES string of the molecule is CCCC(C)C.C[Si](C)(C)C1CCCC1.[CH-]=O.[CH-]=O.[CH3-].[CH3-].[Mo+4]. The topological polar surface area (TPSA) is 34.1 Å². The van der Waals surface area contributed by atoms with Crippen LogP contribution in [0.25, 0.3) is 0 Å². The van der Waals surface area contributed by atoms with Crippen LogP contribution >= 0.6 is 0 Å². The van der Waals surface area contributed by atoms with Crippen molar-refractivity contribution in [1.82, 2.24) is 0 Å². The minimum atomic E-state index is -0.724. The van der Waals surface area contributed by atoms with Crippen LogP contribution < -0.4 is 0 Å². The molecule has 1 aliphatic rings. The quantitative estimate of drug-likeness (QED) is 0.321. The van der Waals surface area contributed by atoms with Crippen LogP contribution in [0, 0.1) is 20.8 Å². The van der Waals surface area contributed by atoms with Crippen LogP contribution in [0.15, 0.2) is 0 Å². The largest absolute Gasteiger partial charge is 4.00 e. The fraction of sp³-hybridized carbons (Fsp3) is 0.778. The Hall–Kier alpha value is 0.245. The molecule has 0 heterocycles. The summed E-state index contributed by atoms with van der Waals surface area (Å²) in [6, 6.07) is 0. The van der Waals surface area contributed by atoms with Crippen molar-refractivity contribution in [3.05, 3.63) is 14.9 Å². The van der Waals surface area contributed by atoms with Gasteiger partial charge in [-0.05, 0) is 11.5 Å². The standard InChI is InChI=1S/C8H18Si.C6H14.2CHO.2CH3.Mo/c1-9(2,3)8-6-4-5-7-8;1-4-5-6(2)3;2*1-2;;;/h8H,4-7H2,1-3H3;6H,4-5H2,1-3H3;2*1H;2*1H3;/q;;4*-1;+4. The molecule has 1 saturated carbocycles. The van der Waals surface area contributed by atoms with E-state index in [1.165, 1.54) is 38.5 Å². The van der Waals surface area contributed by atoms with E-state index in [0.717, 1.165) is 11.5 Å². The maximum absolute atomic E-state index is 7.75. The van der Waals surface area contributed by atoms with Gasteiger partial charge in [-0.2, -0.15) is 0 Å². The van der Waals surface area contributed by atoms with Crippen LogP contribution in [0.4, 0.5) is 0 Å². The smallest absolute Gasteiger partial charge is 0.545 e. The van der Waals surface area contributed by atoms with Gasteiger partial charge >= 0.3 is 21.1 Å². The molecule has 1 rings (SSSR count). The molecule has 0 unspecified atom stereocenters. The van der Waals surface area contributed by atoms with Crippen LogP contribution in [0.5, 0.6) is 0 Å². The average Bonchev–Trinajstić information content (AvgIpc) is 2.88. The second-order valence-corrected chi connectivity index (χ2v) is 12.1. The van der Waals surface area contributed by atoms with E-state index in [2.05, 4.69) is 54.0 Å². The van der Waals surface area contributed by atoms with Crippen molar-refractivity contribution < 1.29 is 30.7 Å². The molecule has 0 saturated heterocycles. The van der Waals surface area contributed by atoms with E-state index in [1.54, 1.807) is 0 Å². The zero-order valence-corrected chi connectivity index (χ0v) is 19.3. The molecular formula is C18H40MoO2Si. The van der Waals surface area contributed by atoms with Gasteiger partial charge in [-0.15, -0.1) is 0 Å². The first-order valence-corrected chi connectivity index (χ1v) is 10.9. The molecule has 0 aliphatic heterocycles. The molecule has 22 heavy (non-hydrogen) atoms. The van der Waals surface area contributed by atoms with Crippen LogP contribution in [-0.2, 0) is 30.7 Å². The van der Waals surface area contributed by atoms with Gasteiger partial charge in [0, 0.05) is 8.07 Å². The molecule has 0 spiro atoms. The van der Waals surface area contributed by atoms with Gasteiger partial charge in [0.1, 0.15) is 0 Å². The second-order valence-electron chi connectivity index (χ2n) is 6.53. The Morgan fingerprint density at radius 3 is 1.36 bits per heavy atom. The van der Waals surface area contributed by atoms with Crippen LogP contribution in [-0.4, -0.2) is 21.7 Å². The van der Waals surface area contributed by atoms with Gasteiger partial charge in [0.2, 0.25) is 0 Å². The number of carbonyl (C=O) groups excluding carboxylic acids is 2. The zero-order chi connectivity index (χ0) is 15.9. The minimum absolute atomic E-state index is 0. The van der Waals surface area contributed by atoms with Gasteiger partial charge in [-0.3, -0.25) is 13.6 Å². The molecule has 2 nitrogen and oxygen atoms in total. The molecular weight excluding hydrogens is 372 g/mol. The van der Waals surface area contributed by atoms with E-state index in [9.17, 15) is 0 Å². The first-order valence-electron chi connectivity index (χ1n) is 7.35. The molecule has 0 bridgehead atoms. The molecule has 0 amide bonds. The van der Waals surface area contributed by atoms with E-state index in [1.807, 2.05) is 0 Å². The average molecular weight is 413 g/mol. The van der Waals surface area contributed by atoms with Gasteiger partial charge in [0.15, 0.2) is 0 Å². The molecule has 1 fully saturated rings. The summed E-state index contributed by atoms with van der Waals surface area (Å²) in [5, 5.41) is 0. The Bertz CT molecular complexity index is 174. The molecule has 0 N–H and O–H groups in total. The van der Waals surface area contributed by atoms with E-state index in [-0.39, 0.29) is 35.9 Å². The maximum atomic E-state index is 7.75.